The molecular weight excluding hydrogens is 126 g/mol. The van der Waals surface area contributed by atoms with Gasteiger partial charge in [0.2, 0.25) is 0 Å². The molecule has 0 bridgehead atoms. The van der Waals surface area contributed by atoms with Gasteiger partial charge in [-0.1, -0.05) is 31.7 Å². The van der Waals surface area contributed by atoms with Crippen molar-refractivity contribution in [2.45, 2.75) is 20.8 Å². The average Bonchev–Trinajstić information content (AvgIpc) is 1.88. The largest absolute Gasteiger partial charge is 0.392 e. The minimum absolute atomic E-state index is 0.463. The van der Waals surface area contributed by atoms with Gasteiger partial charge in [0.25, 0.3) is 0 Å². The summed E-state index contributed by atoms with van der Waals surface area (Å²) in [7, 11) is 0. The fourth-order valence-electron chi connectivity index (χ4n) is 0.297. The third-order valence-corrected chi connectivity index (χ3v) is 1.24. The molecule has 0 aromatic carbocycles. The van der Waals surface area contributed by atoms with E-state index in [-0.39, 0.29) is 0 Å². The quantitative estimate of drug-likeness (QED) is 0.254. The number of oxime groups is 1. The van der Waals surface area contributed by atoms with Crippen LogP contribution in [0.25, 0.3) is 0 Å². The second kappa shape index (κ2) is 5.03. The molecule has 0 atom stereocenters. The number of hydrogen-bond acceptors (Lipinski definition) is 2. The maximum atomic E-state index is 4.88. The zero-order valence-electron chi connectivity index (χ0n) is 6.92. The fourth-order valence-corrected chi connectivity index (χ4v) is 0.297. The minimum Gasteiger partial charge on any atom is -0.392 e. The molecular formula is C8H15NO. The summed E-state index contributed by atoms with van der Waals surface area (Å²) in [5.74, 6) is 0.463. The maximum Gasteiger partial charge on any atom is 0.135 e. The van der Waals surface area contributed by atoms with E-state index in [1.807, 2.05) is 6.92 Å². The van der Waals surface area contributed by atoms with Gasteiger partial charge in [-0.3, -0.25) is 0 Å². The van der Waals surface area contributed by atoms with Crippen LogP contribution >= 0.6 is 0 Å². The molecule has 0 heterocycles. The Morgan fingerprint density at radius 2 is 2.30 bits per heavy atom. The van der Waals surface area contributed by atoms with Gasteiger partial charge in [0, 0.05) is 0 Å². The van der Waals surface area contributed by atoms with Crippen LogP contribution in [-0.2, 0) is 4.84 Å². The number of hydrogen-bond donors (Lipinski definition) is 0. The molecule has 0 fully saturated rings. The second-order valence-electron chi connectivity index (χ2n) is 2.47. The molecule has 58 valence electrons. The second-order valence-corrected chi connectivity index (χ2v) is 2.47. The minimum atomic E-state index is 0.463. The van der Waals surface area contributed by atoms with E-state index < -0.39 is 0 Å². The zero-order valence-corrected chi connectivity index (χ0v) is 6.92. The van der Waals surface area contributed by atoms with Gasteiger partial charge in [0.15, 0.2) is 0 Å². The Labute approximate surface area is 62.6 Å². The molecule has 0 radical (unpaired) electrons. The third-order valence-electron chi connectivity index (χ3n) is 1.24. The molecule has 0 aliphatic heterocycles. The predicted molar refractivity (Wildman–Crippen MR) is 44.1 cm³/mol. The Bertz CT molecular complexity index is 127. The van der Waals surface area contributed by atoms with Crippen molar-refractivity contribution in [1.82, 2.24) is 0 Å². The smallest absolute Gasteiger partial charge is 0.135 e. The fraction of sp³-hybridized carbons (Fsp3) is 0.625. The van der Waals surface area contributed by atoms with E-state index in [4.69, 9.17) is 4.84 Å². The molecule has 0 N–H and O–H groups in total. The van der Waals surface area contributed by atoms with Crippen LogP contribution in [0.1, 0.15) is 20.8 Å². The van der Waals surface area contributed by atoms with Crippen molar-refractivity contribution in [1.29, 1.82) is 0 Å². The molecule has 2 heteroatoms. The van der Waals surface area contributed by atoms with Crippen molar-refractivity contribution in [3.63, 3.8) is 0 Å². The molecule has 10 heavy (non-hydrogen) atoms. The van der Waals surface area contributed by atoms with Crippen molar-refractivity contribution >= 4 is 5.71 Å². The summed E-state index contributed by atoms with van der Waals surface area (Å²) in [4.78, 5) is 4.88. The Kier molecular flexibility index (Phi) is 4.63. The summed E-state index contributed by atoms with van der Waals surface area (Å²) in [6.07, 6.45) is 1.68. The first kappa shape index (κ1) is 9.21. The topological polar surface area (TPSA) is 21.6 Å². The first-order valence-electron chi connectivity index (χ1n) is 3.45. The third kappa shape index (κ3) is 4.13. The van der Waals surface area contributed by atoms with Crippen LogP contribution in [-0.4, -0.2) is 12.3 Å². The van der Waals surface area contributed by atoms with Crippen LogP contribution in [0.15, 0.2) is 17.8 Å². The van der Waals surface area contributed by atoms with Crippen molar-refractivity contribution in [2.24, 2.45) is 11.1 Å². The summed E-state index contributed by atoms with van der Waals surface area (Å²) >= 11 is 0. The number of nitrogens with zero attached hydrogens (tertiary/aromatic N) is 1. The van der Waals surface area contributed by atoms with Gasteiger partial charge >= 0.3 is 0 Å². The highest BCUT2D eigenvalue weighted by Gasteiger charge is 1.96. The lowest BCUT2D eigenvalue weighted by Crippen LogP contribution is -2.02. The van der Waals surface area contributed by atoms with E-state index in [0.717, 1.165) is 5.71 Å². The van der Waals surface area contributed by atoms with E-state index in [2.05, 4.69) is 25.6 Å². The van der Waals surface area contributed by atoms with Gasteiger partial charge in [-0.25, -0.2) is 0 Å². The van der Waals surface area contributed by atoms with E-state index in [1.54, 1.807) is 6.08 Å². The molecule has 0 saturated carbocycles. The molecule has 0 aromatic rings. The van der Waals surface area contributed by atoms with Crippen LogP contribution in [0.2, 0.25) is 0 Å². The lowest BCUT2D eigenvalue weighted by Gasteiger charge is -2.01. The normalized spacial score (nSPS) is 11.8. The van der Waals surface area contributed by atoms with Gasteiger partial charge in [-0.2, -0.15) is 0 Å². The SMILES string of the molecule is C=CCO/N=C(\C)C(C)C. The highest BCUT2D eigenvalue weighted by molar-refractivity contribution is 5.83. The van der Waals surface area contributed by atoms with Gasteiger partial charge in [-0.15, -0.1) is 0 Å². The summed E-state index contributed by atoms with van der Waals surface area (Å²) in [6, 6.07) is 0. The van der Waals surface area contributed by atoms with E-state index in [0.29, 0.717) is 12.5 Å². The lowest BCUT2D eigenvalue weighted by molar-refractivity contribution is 0.173. The summed E-state index contributed by atoms with van der Waals surface area (Å²) in [5.41, 5.74) is 1.02. The average molecular weight is 141 g/mol. The first-order valence-corrected chi connectivity index (χ1v) is 3.45. The highest BCUT2D eigenvalue weighted by atomic mass is 16.6. The predicted octanol–water partition coefficient (Wildman–Crippen LogP) is 2.22. The zero-order chi connectivity index (χ0) is 7.98. The monoisotopic (exact) mass is 141 g/mol. The lowest BCUT2D eigenvalue weighted by atomic mass is 10.1. The van der Waals surface area contributed by atoms with Gasteiger partial charge in [-0.05, 0) is 12.8 Å². The van der Waals surface area contributed by atoms with E-state index in [9.17, 15) is 0 Å². The molecule has 2 nitrogen and oxygen atoms in total. The molecule has 0 rings (SSSR count). The van der Waals surface area contributed by atoms with Crippen LogP contribution in [0, 0.1) is 5.92 Å². The highest BCUT2D eigenvalue weighted by Crippen LogP contribution is 1.95. The maximum absolute atomic E-state index is 4.88. The van der Waals surface area contributed by atoms with Gasteiger partial charge < -0.3 is 4.84 Å². The van der Waals surface area contributed by atoms with Gasteiger partial charge in [0.05, 0.1) is 5.71 Å². The first-order chi connectivity index (χ1) is 4.68. The summed E-state index contributed by atoms with van der Waals surface area (Å²) in [6.45, 7) is 10.1. The molecule has 0 spiro atoms. The van der Waals surface area contributed by atoms with E-state index in [1.165, 1.54) is 0 Å². The summed E-state index contributed by atoms with van der Waals surface area (Å²) in [5, 5.41) is 3.86. The molecule has 0 aliphatic rings. The Hall–Kier alpha value is -0.790. The molecule has 0 unspecified atom stereocenters. The van der Waals surface area contributed by atoms with Crippen molar-refractivity contribution in [3.8, 4) is 0 Å². The van der Waals surface area contributed by atoms with Crippen LogP contribution < -0.4 is 0 Å². The van der Waals surface area contributed by atoms with Crippen LogP contribution in [0.3, 0.4) is 0 Å². The molecule has 0 saturated heterocycles. The number of rotatable bonds is 4. The summed E-state index contributed by atoms with van der Waals surface area (Å²) < 4.78 is 0. The standard InChI is InChI=1S/C8H15NO/c1-5-6-10-9-8(4)7(2)3/h5,7H,1,6H2,2-4H3/b9-8+. The molecule has 0 aliphatic carbocycles. The van der Waals surface area contributed by atoms with Crippen molar-refractivity contribution in [3.05, 3.63) is 12.7 Å². The Balaban J connectivity index is 3.57. The Morgan fingerprint density at radius 3 is 2.70 bits per heavy atom. The molecule has 0 aromatic heterocycles. The van der Waals surface area contributed by atoms with E-state index >= 15 is 0 Å². The van der Waals surface area contributed by atoms with Crippen molar-refractivity contribution in [2.75, 3.05) is 6.61 Å². The van der Waals surface area contributed by atoms with Crippen LogP contribution in [0.4, 0.5) is 0 Å². The Morgan fingerprint density at radius 1 is 1.70 bits per heavy atom. The van der Waals surface area contributed by atoms with Crippen LogP contribution in [0.5, 0.6) is 0 Å². The van der Waals surface area contributed by atoms with Crippen molar-refractivity contribution < 1.29 is 4.84 Å². The molecule has 0 amide bonds. The van der Waals surface area contributed by atoms with Gasteiger partial charge in [0.1, 0.15) is 6.61 Å².